The van der Waals surface area contributed by atoms with Gasteiger partial charge in [-0.05, 0) is 74.5 Å². The molecule has 0 aliphatic heterocycles. The zero-order valence-electron chi connectivity index (χ0n) is 12.5. The second kappa shape index (κ2) is 7.24. The smallest absolute Gasteiger partial charge is 0.194 e. The molecule has 0 atom stereocenters. The van der Waals surface area contributed by atoms with Crippen molar-refractivity contribution < 1.29 is 4.42 Å². The molecule has 0 spiro atoms. The van der Waals surface area contributed by atoms with Crippen LogP contribution in [0.2, 0.25) is 0 Å². The van der Waals surface area contributed by atoms with E-state index in [0.29, 0.717) is 0 Å². The van der Waals surface area contributed by atoms with Crippen LogP contribution < -0.4 is 5.32 Å². The van der Waals surface area contributed by atoms with Gasteiger partial charge in [-0.15, -0.1) is 0 Å². The Morgan fingerprint density at radius 2 is 2.10 bits per heavy atom. The van der Waals surface area contributed by atoms with Gasteiger partial charge in [-0.3, -0.25) is 0 Å². The van der Waals surface area contributed by atoms with Crippen LogP contribution in [0.25, 0.3) is 11.3 Å². The number of hydrogen-bond acceptors (Lipinski definition) is 3. The molecule has 0 fully saturated rings. The third kappa shape index (κ3) is 5.38. The van der Waals surface area contributed by atoms with Gasteiger partial charge in [-0.25, -0.2) is 4.98 Å². The lowest BCUT2D eigenvalue weighted by atomic mass is 10.1. The minimum atomic E-state index is 0.161. The largest absolute Gasteiger partial charge is 0.441 e. The maximum absolute atomic E-state index is 5.87. The number of aromatic nitrogens is 1. The Morgan fingerprint density at radius 1 is 1.33 bits per heavy atom. The van der Waals surface area contributed by atoms with E-state index >= 15 is 0 Å². The third-order valence-corrected chi connectivity index (χ3v) is 4.40. The predicted octanol–water partition coefficient (Wildman–Crippen LogP) is 5.03. The number of oxazole rings is 1. The maximum atomic E-state index is 5.87. The Bertz CT molecular complexity index is 605. The number of nitrogens with zero attached hydrogens (tertiary/aromatic N) is 1. The lowest BCUT2D eigenvalue weighted by Gasteiger charge is -2.20. The molecule has 0 unspecified atom stereocenters. The molecule has 0 bridgehead atoms. The Balaban J connectivity index is 1.97. The lowest BCUT2D eigenvalue weighted by Crippen LogP contribution is -2.36. The van der Waals surface area contributed by atoms with Gasteiger partial charge in [0.15, 0.2) is 11.7 Å². The molecule has 1 aromatic carbocycles. The highest BCUT2D eigenvalue weighted by Crippen LogP contribution is 2.29. The van der Waals surface area contributed by atoms with Gasteiger partial charge < -0.3 is 9.73 Å². The van der Waals surface area contributed by atoms with E-state index in [1.54, 1.807) is 0 Å². The van der Waals surface area contributed by atoms with Gasteiger partial charge >= 0.3 is 0 Å². The monoisotopic (exact) mass is 462 g/mol. The zero-order valence-corrected chi connectivity index (χ0v) is 16.3. The molecule has 0 saturated carbocycles. The number of rotatable bonds is 5. The molecule has 2 aromatic rings. The Labute approximate surface area is 148 Å². The minimum Gasteiger partial charge on any atom is -0.441 e. The topological polar surface area (TPSA) is 38.1 Å². The van der Waals surface area contributed by atoms with Crippen molar-refractivity contribution in [3.8, 4) is 11.3 Å². The van der Waals surface area contributed by atoms with Crippen LogP contribution in [-0.2, 0) is 6.42 Å². The highest BCUT2D eigenvalue weighted by atomic mass is 127. The molecule has 1 heterocycles. The summed E-state index contributed by atoms with van der Waals surface area (Å²) >= 11 is 5.81. The number of halogens is 2. The van der Waals surface area contributed by atoms with Gasteiger partial charge in [0.1, 0.15) is 0 Å². The fraction of sp³-hybridized carbons (Fsp3) is 0.438. The van der Waals surface area contributed by atoms with E-state index in [4.69, 9.17) is 4.42 Å². The van der Waals surface area contributed by atoms with Crippen molar-refractivity contribution in [2.24, 2.45) is 0 Å². The Kier molecular flexibility index (Phi) is 5.85. The van der Waals surface area contributed by atoms with Crippen molar-refractivity contribution in [3.63, 3.8) is 0 Å². The highest BCUT2D eigenvalue weighted by molar-refractivity contribution is 14.1. The van der Waals surface area contributed by atoms with Crippen LogP contribution in [0, 0.1) is 3.57 Å². The molecular formula is C16H20BrIN2O. The normalized spacial score (nSPS) is 11.9. The van der Waals surface area contributed by atoms with E-state index in [0.717, 1.165) is 44.6 Å². The summed E-state index contributed by atoms with van der Waals surface area (Å²) in [4.78, 5) is 4.38. The average molecular weight is 463 g/mol. The van der Waals surface area contributed by atoms with Crippen LogP contribution in [-0.4, -0.2) is 17.1 Å². The first-order valence-electron chi connectivity index (χ1n) is 7.00. The number of nitrogens with one attached hydrogen (secondary N) is 1. The van der Waals surface area contributed by atoms with Crippen molar-refractivity contribution >= 4 is 38.5 Å². The summed E-state index contributed by atoms with van der Waals surface area (Å²) in [7, 11) is 0. The molecule has 0 amide bonds. The van der Waals surface area contributed by atoms with Crippen LogP contribution in [0.3, 0.4) is 0 Å². The summed E-state index contributed by atoms with van der Waals surface area (Å²) in [6, 6.07) is 6.16. The van der Waals surface area contributed by atoms with Crippen LogP contribution in [0.15, 0.2) is 33.3 Å². The number of aryl methyl sites for hydroxylation is 1. The summed E-state index contributed by atoms with van der Waals surface area (Å²) in [5.41, 5.74) is 1.24. The van der Waals surface area contributed by atoms with Crippen molar-refractivity contribution in [2.75, 3.05) is 6.54 Å². The van der Waals surface area contributed by atoms with Crippen molar-refractivity contribution in [3.05, 3.63) is 38.3 Å². The van der Waals surface area contributed by atoms with Crippen molar-refractivity contribution in [1.82, 2.24) is 10.3 Å². The molecule has 5 heteroatoms. The van der Waals surface area contributed by atoms with Crippen LogP contribution in [0.1, 0.15) is 33.1 Å². The van der Waals surface area contributed by atoms with Gasteiger partial charge in [0.2, 0.25) is 0 Å². The molecule has 0 aliphatic carbocycles. The Hall–Kier alpha value is -0.400. The minimum absolute atomic E-state index is 0.161. The fourth-order valence-electron chi connectivity index (χ4n) is 1.94. The summed E-state index contributed by atoms with van der Waals surface area (Å²) in [6.07, 6.45) is 3.69. The third-order valence-electron chi connectivity index (χ3n) is 2.97. The Morgan fingerprint density at radius 3 is 2.81 bits per heavy atom. The zero-order chi connectivity index (χ0) is 15.5. The van der Waals surface area contributed by atoms with Gasteiger partial charge in [0.25, 0.3) is 0 Å². The molecule has 114 valence electrons. The molecule has 1 N–H and O–H groups in total. The first-order chi connectivity index (χ1) is 9.85. The van der Waals surface area contributed by atoms with Crippen molar-refractivity contribution in [2.45, 2.75) is 39.2 Å². The van der Waals surface area contributed by atoms with Crippen LogP contribution >= 0.6 is 38.5 Å². The summed E-state index contributed by atoms with van der Waals surface area (Å²) in [5.74, 6) is 1.64. The second-order valence-electron chi connectivity index (χ2n) is 6.02. The second-order valence-corrected chi connectivity index (χ2v) is 8.10. The van der Waals surface area contributed by atoms with E-state index in [1.165, 1.54) is 0 Å². The van der Waals surface area contributed by atoms with E-state index in [-0.39, 0.29) is 5.54 Å². The molecule has 0 aliphatic rings. The molecule has 1 aromatic heterocycles. The maximum Gasteiger partial charge on any atom is 0.194 e. The van der Waals surface area contributed by atoms with Crippen LogP contribution in [0.5, 0.6) is 0 Å². The first kappa shape index (κ1) is 17.0. The molecule has 21 heavy (non-hydrogen) atoms. The first-order valence-corrected chi connectivity index (χ1v) is 8.87. The van der Waals surface area contributed by atoms with E-state index in [9.17, 15) is 0 Å². The highest BCUT2D eigenvalue weighted by Gasteiger charge is 2.11. The summed E-state index contributed by atoms with van der Waals surface area (Å²) < 4.78 is 8.08. The fourth-order valence-corrected chi connectivity index (χ4v) is 2.90. The van der Waals surface area contributed by atoms with Crippen LogP contribution in [0.4, 0.5) is 0 Å². The number of benzene rings is 1. The molecular weight excluding hydrogens is 443 g/mol. The predicted molar refractivity (Wildman–Crippen MR) is 98.4 cm³/mol. The van der Waals surface area contributed by atoms with Gasteiger partial charge in [-0.2, -0.15) is 0 Å². The number of hydrogen-bond donors (Lipinski definition) is 1. The molecule has 2 rings (SSSR count). The van der Waals surface area contributed by atoms with Crippen molar-refractivity contribution in [1.29, 1.82) is 0 Å². The van der Waals surface area contributed by atoms with E-state index < -0.39 is 0 Å². The molecule has 3 nitrogen and oxygen atoms in total. The SMILES string of the molecule is CC(C)(C)NCCCc1ncc(-c2cc(Br)ccc2I)o1. The summed E-state index contributed by atoms with van der Waals surface area (Å²) in [5, 5.41) is 3.47. The van der Waals surface area contributed by atoms with E-state index in [1.807, 2.05) is 12.3 Å². The molecule has 0 saturated heterocycles. The average Bonchev–Trinajstić information content (AvgIpc) is 2.85. The van der Waals surface area contributed by atoms with Gasteiger partial charge in [0.05, 0.1) is 6.20 Å². The summed E-state index contributed by atoms with van der Waals surface area (Å²) in [6.45, 7) is 7.48. The lowest BCUT2D eigenvalue weighted by molar-refractivity contribution is 0.412. The van der Waals surface area contributed by atoms with Gasteiger partial charge in [-0.1, -0.05) is 15.9 Å². The standard InChI is InChI=1S/C16H20BrIN2O/c1-16(2,3)20-8-4-5-15-19-10-14(21-15)12-9-11(17)6-7-13(12)18/h6-7,9-10,20H,4-5,8H2,1-3H3. The van der Waals surface area contributed by atoms with Gasteiger partial charge in [0, 0.05) is 25.6 Å². The molecule has 0 radical (unpaired) electrons. The van der Waals surface area contributed by atoms with E-state index in [2.05, 4.69) is 81.7 Å². The quantitative estimate of drug-likeness (QED) is 0.500.